The minimum absolute atomic E-state index is 0. The van der Waals surface area contributed by atoms with Crippen molar-refractivity contribution in [1.29, 1.82) is 0 Å². The molecule has 1 heterocycles. The first-order valence-corrected chi connectivity index (χ1v) is 8.55. The summed E-state index contributed by atoms with van der Waals surface area (Å²) in [6.45, 7) is 0. The van der Waals surface area contributed by atoms with E-state index in [2.05, 4.69) is 102 Å². The third-order valence-corrected chi connectivity index (χ3v) is 4.81. The highest BCUT2D eigenvalue weighted by atomic mass is 14.7. The van der Waals surface area contributed by atoms with Gasteiger partial charge in [0.25, 0.3) is 0 Å². The van der Waals surface area contributed by atoms with Crippen molar-refractivity contribution in [3.8, 4) is 22.3 Å². The van der Waals surface area contributed by atoms with Crippen molar-refractivity contribution in [2.24, 2.45) is 0 Å². The summed E-state index contributed by atoms with van der Waals surface area (Å²) in [5.74, 6) is 0. The van der Waals surface area contributed by atoms with Crippen LogP contribution in [0.3, 0.4) is 0 Å². The van der Waals surface area contributed by atoms with E-state index >= 15 is 0 Å². The zero-order valence-corrected chi connectivity index (χ0v) is 13.7. The topological polar surface area (TPSA) is 15.8 Å². The maximum atomic E-state index is 3.53. The number of para-hydroxylation sites is 1. The molecule has 4 aromatic carbocycles. The summed E-state index contributed by atoms with van der Waals surface area (Å²) in [6.07, 6.45) is 0. The summed E-state index contributed by atoms with van der Waals surface area (Å²) in [4.78, 5) is 3.53. The van der Waals surface area contributed by atoms with E-state index < -0.39 is 0 Å². The Hall–Kier alpha value is -3.32. The summed E-state index contributed by atoms with van der Waals surface area (Å²) in [5, 5.41) is 2.56. The minimum atomic E-state index is 0. The number of aromatic nitrogens is 1. The fourth-order valence-electron chi connectivity index (χ4n) is 3.54. The second-order valence-corrected chi connectivity index (χ2v) is 6.38. The minimum Gasteiger partial charge on any atom is -0.354 e. The Morgan fingerprint density at radius 3 is 1.96 bits per heavy atom. The van der Waals surface area contributed by atoms with E-state index in [9.17, 15) is 0 Å². The van der Waals surface area contributed by atoms with Crippen LogP contribution >= 0.6 is 0 Å². The largest absolute Gasteiger partial charge is 0.354 e. The number of rotatable bonds is 2. The average Bonchev–Trinajstić information content (AvgIpc) is 3.06. The van der Waals surface area contributed by atoms with E-state index in [1.54, 1.807) is 0 Å². The third-order valence-electron chi connectivity index (χ3n) is 4.81. The summed E-state index contributed by atoms with van der Waals surface area (Å²) >= 11 is 0. The van der Waals surface area contributed by atoms with Gasteiger partial charge in [0.15, 0.2) is 0 Å². The lowest BCUT2D eigenvalue weighted by Gasteiger charge is -2.06. The van der Waals surface area contributed by atoms with Crippen LogP contribution in [0.15, 0.2) is 97.1 Å². The summed E-state index contributed by atoms with van der Waals surface area (Å²) in [5.41, 5.74) is 7.33. The first kappa shape index (κ1) is 14.1. The van der Waals surface area contributed by atoms with Gasteiger partial charge in [0, 0.05) is 23.2 Å². The fourth-order valence-corrected chi connectivity index (χ4v) is 3.54. The van der Waals surface area contributed by atoms with E-state index in [0.717, 1.165) is 0 Å². The second-order valence-electron chi connectivity index (χ2n) is 6.38. The van der Waals surface area contributed by atoms with E-state index in [0.29, 0.717) is 0 Å². The SMILES string of the molecule is [HH].c1ccc(-c2cccc(-c3ccc4c(c3)[nH]c3ccccc34)c2)cc1. The molecule has 0 fully saturated rings. The van der Waals surface area contributed by atoms with Crippen LogP contribution in [0.2, 0.25) is 0 Å². The van der Waals surface area contributed by atoms with Crippen LogP contribution in [0, 0.1) is 0 Å². The van der Waals surface area contributed by atoms with E-state index in [1.807, 2.05) is 0 Å². The third kappa shape index (κ3) is 2.41. The van der Waals surface area contributed by atoms with Gasteiger partial charge >= 0.3 is 0 Å². The van der Waals surface area contributed by atoms with Crippen LogP contribution in [0.1, 0.15) is 1.43 Å². The van der Waals surface area contributed by atoms with Crippen LogP contribution in [-0.2, 0) is 0 Å². The molecule has 0 unspecified atom stereocenters. The molecular formula is C24H19N. The van der Waals surface area contributed by atoms with Crippen molar-refractivity contribution < 1.29 is 1.43 Å². The van der Waals surface area contributed by atoms with Gasteiger partial charge in [-0.05, 0) is 40.5 Å². The zero-order valence-electron chi connectivity index (χ0n) is 13.7. The number of benzene rings is 4. The molecule has 0 aliphatic rings. The fraction of sp³-hybridized carbons (Fsp3) is 0. The molecule has 5 rings (SSSR count). The maximum absolute atomic E-state index is 3.53. The first-order valence-electron chi connectivity index (χ1n) is 8.55. The van der Waals surface area contributed by atoms with Crippen molar-refractivity contribution in [1.82, 2.24) is 4.98 Å². The van der Waals surface area contributed by atoms with Gasteiger partial charge < -0.3 is 4.98 Å². The van der Waals surface area contributed by atoms with Crippen molar-refractivity contribution in [2.45, 2.75) is 0 Å². The summed E-state index contributed by atoms with van der Waals surface area (Å²) in [6, 6.07) is 34.4. The molecule has 1 N–H and O–H groups in total. The molecule has 5 aromatic rings. The lowest BCUT2D eigenvalue weighted by atomic mass is 9.98. The molecule has 0 aliphatic carbocycles. The van der Waals surface area contributed by atoms with Gasteiger partial charge in [-0.25, -0.2) is 0 Å². The van der Waals surface area contributed by atoms with E-state index in [4.69, 9.17) is 0 Å². The Morgan fingerprint density at radius 2 is 1.08 bits per heavy atom. The van der Waals surface area contributed by atoms with Gasteiger partial charge in [-0.2, -0.15) is 0 Å². The number of fused-ring (bicyclic) bond motifs is 3. The normalized spacial score (nSPS) is 11.2. The number of H-pyrrole nitrogens is 1. The highest BCUT2D eigenvalue weighted by Crippen LogP contribution is 2.31. The second kappa shape index (κ2) is 5.64. The van der Waals surface area contributed by atoms with Crippen LogP contribution in [0.4, 0.5) is 0 Å². The molecule has 0 bridgehead atoms. The lowest BCUT2D eigenvalue weighted by molar-refractivity contribution is 1.54. The quantitative estimate of drug-likeness (QED) is 0.364. The molecular weight excluding hydrogens is 302 g/mol. The highest BCUT2D eigenvalue weighted by molar-refractivity contribution is 6.08. The number of hydrogen-bond acceptors (Lipinski definition) is 0. The Labute approximate surface area is 148 Å². The molecule has 0 amide bonds. The summed E-state index contributed by atoms with van der Waals surface area (Å²) in [7, 11) is 0. The van der Waals surface area contributed by atoms with Gasteiger partial charge in [-0.3, -0.25) is 0 Å². The first-order chi connectivity index (χ1) is 12.4. The smallest absolute Gasteiger partial charge is 0.0471 e. The number of aromatic amines is 1. The Morgan fingerprint density at radius 1 is 0.440 bits per heavy atom. The van der Waals surface area contributed by atoms with Gasteiger partial charge in [-0.1, -0.05) is 78.9 Å². The summed E-state index contributed by atoms with van der Waals surface area (Å²) < 4.78 is 0. The molecule has 0 radical (unpaired) electrons. The molecule has 1 nitrogen and oxygen atoms in total. The Kier molecular flexibility index (Phi) is 3.17. The zero-order chi connectivity index (χ0) is 16.6. The monoisotopic (exact) mass is 321 g/mol. The van der Waals surface area contributed by atoms with Crippen LogP contribution in [0.25, 0.3) is 44.1 Å². The van der Waals surface area contributed by atoms with Crippen molar-refractivity contribution in [3.63, 3.8) is 0 Å². The molecule has 25 heavy (non-hydrogen) atoms. The average molecular weight is 321 g/mol. The van der Waals surface area contributed by atoms with Gasteiger partial charge in [-0.15, -0.1) is 0 Å². The van der Waals surface area contributed by atoms with Crippen LogP contribution in [-0.4, -0.2) is 4.98 Å². The molecule has 120 valence electrons. The number of hydrogen-bond donors (Lipinski definition) is 1. The standard InChI is InChI=1S/C24H17N.H2/c1-2-7-17(8-3-1)18-9-6-10-19(15-18)20-13-14-22-21-11-4-5-12-23(21)25-24(22)16-20;/h1-16,25H;1H. The lowest BCUT2D eigenvalue weighted by Crippen LogP contribution is -1.81. The molecule has 1 heteroatoms. The predicted octanol–water partition coefficient (Wildman–Crippen LogP) is 6.90. The predicted molar refractivity (Wildman–Crippen MR) is 109 cm³/mol. The molecule has 0 saturated heterocycles. The van der Waals surface area contributed by atoms with Crippen LogP contribution < -0.4 is 0 Å². The molecule has 0 atom stereocenters. The van der Waals surface area contributed by atoms with Crippen molar-refractivity contribution in [2.75, 3.05) is 0 Å². The van der Waals surface area contributed by atoms with Crippen molar-refractivity contribution in [3.05, 3.63) is 97.1 Å². The number of nitrogens with one attached hydrogen (secondary N) is 1. The molecule has 0 aliphatic heterocycles. The molecule has 1 aromatic heterocycles. The Bertz CT molecular complexity index is 1190. The Balaban J connectivity index is 0.00000168. The van der Waals surface area contributed by atoms with Crippen molar-refractivity contribution >= 4 is 21.8 Å². The van der Waals surface area contributed by atoms with Gasteiger partial charge in [0.05, 0.1) is 0 Å². The highest BCUT2D eigenvalue weighted by Gasteiger charge is 2.06. The van der Waals surface area contributed by atoms with Gasteiger partial charge in [0.1, 0.15) is 0 Å². The molecule has 0 saturated carbocycles. The van der Waals surface area contributed by atoms with E-state index in [-0.39, 0.29) is 1.43 Å². The van der Waals surface area contributed by atoms with E-state index in [1.165, 1.54) is 44.1 Å². The molecule has 0 spiro atoms. The maximum Gasteiger partial charge on any atom is 0.0471 e. The van der Waals surface area contributed by atoms with Gasteiger partial charge in [0.2, 0.25) is 0 Å². The van der Waals surface area contributed by atoms with Crippen LogP contribution in [0.5, 0.6) is 0 Å².